The van der Waals surface area contributed by atoms with Crippen LogP contribution >= 0.6 is 0 Å². The van der Waals surface area contributed by atoms with Crippen LogP contribution < -0.4 is 10.4 Å². The number of piperidine rings is 1. The van der Waals surface area contributed by atoms with Crippen molar-refractivity contribution in [2.75, 3.05) is 19.7 Å². The van der Waals surface area contributed by atoms with Crippen LogP contribution in [0.1, 0.15) is 18.9 Å². The monoisotopic (exact) mass is 396 g/mol. The first kappa shape index (κ1) is 18.7. The lowest BCUT2D eigenvalue weighted by atomic mass is 10.0. The predicted molar refractivity (Wildman–Crippen MR) is 106 cm³/mol. The molecule has 1 aromatic heterocycles. The molecule has 0 unspecified atom stereocenters. The molecule has 1 amide bonds. The number of imidazole rings is 1. The number of aromatic amines is 1. The number of aromatic nitrogens is 2. The highest BCUT2D eigenvalue weighted by atomic mass is 16.6. The number of benzene rings is 2. The van der Waals surface area contributed by atoms with Gasteiger partial charge in [-0.15, -0.1) is 0 Å². The van der Waals surface area contributed by atoms with Gasteiger partial charge >= 0.3 is 11.4 Å². The molecule has 0 radical (unpaired) electrons. The van der Waals surface area contributed by atoms with Crippen LogP contribution in [0.15, 0.2) is 53.3 Å². The molecule has 3 aromatic rings. The number of nitro benzene ring substituents is 1. The molecule has 0 bridgehead atoms. The van der Waals surface area contributed by atoms with Crippen molar-refractivity contribution in [2.24, 2.45) is 0 Å². The highest BCUT2D eigenvalue weighted by molar-refractivity contribution is 5.78. The molecule has 9 nitrogen and oxygen atoms in total. The van der Waals surface area contributed by atoms with Gasteiger partial charge in [-0.3, -0.25) is 19.5 Å². The lowest BCUT2D eigenvalue weighted by Crippen LogP contribution is -2.42. The zero-order valence-electron chi connectivity index (χ0n) is 15.6. The Morgan fingerprint density at radius 1 is 1.14 bits per heavy atom. The summed E-state index contributed by atoms with van der Waals surface area (Å²) in [6, 6.07) is 13.5. The molecule has 1 N–H and O–H groups in total. The molecule has 1 saturated heterocycles. The van der Waals surface area contributed by atoms with Gasteiger partial charge in [0.25, 0.3) is 5.91 Å². The van der Waals surface area contributed by atoms with Crippen molar-refractivity contribution < 1.29 is 14.5 Å². The second kappa shape index (κ2) is 7.78. The van der Waals surface area contributed by atoms with Gasteiger partial charge in [0.2, 0.25) is 0 Å². The van der Waals surface area contributed by atoms with Crippen molar-refractivity contribution in [3.05, 3.63) is 69.1 Å². The van der Waals surface area contributed by atoms with Gasteiger partial charge in [-0.2, -0.15) is 0 Å². The fraction of sp³-hybridized carbons (Fsp3) is 0.300. The first-order valence-electron chi connectivity index (χ1n) is 9.38. The minimum atomic E-state index is -0.537. The van der Waals surface area contributed by atoms with Gasteiger partial charge in [-0.05, 0) is 31.0 Å². The number of H-pyrrole nitrogens is 1. The van der Waals surface area contributed by atoms with Gasteiger partial charge in [-0.25, -0.2) is 4.79 Å². The largest absolute Gasteiger partial charge is 0.477 e. The van der Waals surface area contributed by atoms with Crippen LogP contribution in [0.5, 0.6) is 5.75 Å². The number of likely N-dealkylation sites (tertiary alicyclic amines) is 1. The number of fused-ring (bicyclic) bond motifs is 1. The van der Waals surface area contributed by atoms with Gasteiger partial charge in [-0.1, -0.05) is 24.3 Å². The van der Waals surface area contributed by atoms with E-state index >= 15 is 0 Å². The van der Waals surface area contributed by atoms with Gasteiger partial charge in [0.05, 0.1) is 16.0 Å². The number of carbonyl (C=O) groups is 1. The van der Waals surface area contributed by atoms with Crippen molar-refractivity contribution >= 4 is 22.6 Å². The summed E-state index contributed by atoms with van der Waals surface area (Å²) < 4.78 is 7.16. The van der Waals surface area contributed by atoms with Crippen LogP contribution in [0.2, 0.25) is 0 Å². The van der Waals surface area contributed by atoms with Crippen LogP contribution in [-0.4, -0.2) is 45.0 Å². The summed E-state index contributed by atoms with van der Waals surface area (Å²) in [6.07, 6.45) is 1.30. The van der Waals surface area contributed by atoms with Crippen molar-refractivity contribution in [3.63, 3.8) is 0 Å². The Hall–Kier alpha value is -3.62. The Morgan fingerprint density at radius 2 is 1.83 bits per heavy atom. The van der Waals surface area contributed by atoms with Crippen molar-refractivity contribution in [1.29, 1.82) is 0 Å². The van der Waals surface area contributed by atoms with E-state index in [-0.39, 0.29) is 35.7 Å². The van der Waals surface area contributed by atoms with Crippen molar-refractivity contribution in [2.45, 2.75) is 18.9 Å². The average Bonchev–Trinajstić information content (AvgIpc) is 3.08. The molecule has 2 aromatic carbocycles. The second-order valence-electron chi connectivity index (χ2n) is 6.94. The van der Waals surface area contributed by atoms with Crippen LogP contribution in [0, 0.1) is 10.1 Å². The lowest BCUT2D eigenvalue weighted by molar-refractivity contribution is -0.385. The second-order valence-corrected chi connectivity index (χ2v) is 6.94. The summed E-state index contributed by atoms with van der Waals surface area (Å²) in [7, 11) is 0. The third kappa shape index (κ3) is 3.71. The van der Waals surface area contributed by atoms with E-state index in [4.69, 9.17) is 4.74 Å². The van der Waals surface area contributed by atoms with Crippen LogP contribution in [0.3, 0.4) is 0 Å². The predicted octanol–water partition coefficient (Wildman–Crippen LogP) is 2.48. The summed E-state index contributed by atoms with van der Waals surface area (Å²) in [5, 5.41) is 11.0. The van der Waals surface area contributed by atoms with Crippen molar-refractivity contribution in [1.82, 2.24) is 14.5 Å². The fourth-order valence-electron chi connectivity index (χ4n) is 3.77. The number of rotatable bonds is 5. The topological polar surface area (TPSA) is 110 Å². The highest BCUT2D eigenvalue weighted by Gasteiger charge is 2.26. The maximum Gasteiger partial charge on any atom is 0.326 e. The number of nitrogens with one attached hydrogen (secondary N) is 1. The summed E-state index contributed by atoms with van der Waals surface area (Å²) in [4.78, 5) is 39.9. The first-order chi connectivity index (χ1) is 14.0. The number of hydrogen-bond donors (Lipinski definition) is 1. The quantitative estimate of drug-likeness (QED) is 0.526. The van der Waals surface area contributed by atoms with Gasteiger partial charge < -0.3 is 14.6 Å². The minimum absolute atomic E-state index is 0.0128. The molecule has 4 rings (SSSR count). The van der Waals surface area contributed by atoms with E-state index in [1.54, 1.807) is 21.6 Å². The number of nitrogens with zero attached hydrogens (tertiary/aromatic N) is 3. The Labute approximate surface area is 165 Å². The Morgan fingerprint density at radius 3 is 2.59 bits per heavy atom. The molecule has 1 aliphatic rings. The molecule has 1 aliphatic heterocycles. The number of nitro groups is 1. The van der Waals surface area contributed by atoms with Crippen LogP contribution in [-0.2, 0) is 4.79 Å². The van der Waals surface area contributed by atoms with Crippen LogP contribution in [0.4, 0.5) is 5.69 Å². The molecule has 0 aliphatic carbocycles. The molecular formula is C20H20N4O5. The first-order valence-corrected chi connectivity index (χ1v) is 9.38. The number of ether oxygens (including phenoxy) is 1. The summed E-state index contributed by atoms with van der Waals surface area (Å²) >= 11 is 0. The number of amides is 1. The average molecular weight is 396 g/mol. The zero-order chi connectivity index (χ0) is 20.4. The van der Waals surface area contributed by atoms with E-state index in [1.165, 1.54) is 12.1 Å². The standard InChI is InChI=1S/C20H20N4O5/c25-19(13-29-18-8-4-3-7-17(18)24(27)28)22-11-9-14(10-12-22)23-16-6-2-1-5-15(16)21-20(23)26/h1-8,14H,9-13H2,(H,21,26). The van der Waals surface area contributed by atoms with E-state index in [1.807, 2.05) is 24.3 Å². The van der Waals surface area contributed by atoms with Gasteiger partial charge in [0.1, 0.15) is 0 Å². The Bertz CT molecular complexity index is 1110. The Kier molecular flexibility index (Phi) is 5.03. The van der Waals surface area contributed by atoms with E-state index < -0.39 is 4.92 Å². The molecule has 1 fully saturated rings. The summed E-state index contributed by atoms with van der Waals surface area (Å²) in [5.41, 5.74) is 1.35. The lowest BCUT2D eigenvalue weighted by Gasteiger charge is -2.32. The maximum atomic E-state index is 12.5. The normalized spacial score (nSPS) is 14.8. The van der Waals surface area contributed by atoms with Crippen molar-refractivity contribution in [3.8, 4) is 5.75 Å². The van der Waals surface area contributed by atoms with Gasteiger partial charge in [0.15, 0.2) is 12.4 Å². The van der Waals surface area contributed by atoms with E-state index in [9.17, 15) is 19.7 Å². The minimum Gasteiger partial charge on any atom is -0.477 e. The molecular weight excluding hydrogens is 376 g/mol. The zero-order valence-corrected chi connectivity index (χ0v) is 15.6. The number of hydrogen-bond acceptors (Lipinski definition) is 5. The Balaban J connectivity index is 1.38. The molecule has 0 atom stereocenters. The molecule has 9 heteroatoms. The van der Waals surface area contributed by atoms with E-state index in [0.29, 0.717) is 25.9 Å². The third-order valence-corrected chi connectivity index (χ3v) is 5.22. The number of para-hydroxylation sites is 4. The van der Waals surface area contributed by atoms with Crippen LogP contribution in [0.25, 0.3) is 11.0 Å². The highest BCUT2D eigenvalue weighted by Crippen LogP contribution is 2.27. The molecule has 150 valence electrons. The summed E-state index contributed by atoms with van der Waals surface area (Å²) in [5.74, 6) is -0.154. The maximum absolute atomic E-state index is 12.5. The smallest absolute Gasteiger partial charge is 0.326 e. The molecule has 2 heterocycles. The van der Waals surface area contributed by atoms with Gasteiger partial charge in [0, 0.05) is 25.2 Å². The molecule has 0 saturated carbocycles. The molecule has 29 heavy (non-hydrogen) atoms. The molecule has 0 spiro atoms. The summed E-state index contributed by atoms with van der Waals surface area (Å²) in [6.45, 7) is 0.730. The van der Waals surface area contributed by atoms with E-state index in [2.05, 4.69) is 4.98 Å². The number of carbonyl (C=O) groups excluding carboxylic acids is 1. The fourth-order valence-corrected chi connectivity index (χ4v) is 3.77. The SMILES string of the molecule is O=C(COc1ccccc1[N+](=O)[O-])N1CCC(n2c(=O)[nH]c3ccccc32)CC1. The third-order valence-electron chi connectivity index (χ3n) is 5.22. The van der Waals surface area contributed by atoms with E-state index in [0.717, 1.165) is 11.0 Å².